The first kappa shape index (κ1) is 21.4. The van der Waals surface area contributed by atoms with Crippen LogP contribution in [0, 0.1) is 13.8 Å². The van der Waals surface area contributed by atoms with Crippen molar-refractivity contribution in [1.29, 1.82) is 0 Å². The van der Waals surface area contributed by atoms with Crippen molar-refractivity contribution in [2.75, 3.05) is 0 Å². The molecule has 24 heavy (non-hydrogen) atoms. The Balaban J connectivity index is 0.00000288. The van der Waals surface area contributed by atoms with Crippen LogP contribution in [0.25, 0.3) is 0 Å². The molecule has 5 nitrogen and oxygen atoms in total. The average Bonchev–Trinajstić information content (AvgIpc) is 2.75. The summed E-state index contributed by atoms with van der Waals surface area (Å²) in [4.78, 5) is 10.9. The second-order valence-corrected chi connectivity index (χ2v) is 7.07. The maximum absolute atomic E-state index is 12.5. The first-order valence-electron chi connectivity index (χ1n) is 6.79. The molecule has 0 heterocycles. The molecule has 1 aromatic rings. The minimum atomic E-state index is -5.74. The molecule has 131 valence electrons. The summed E-state index contributed by atoms with van der Waals surface area (Å²) in [5.74, 6) is -1.52. The Morgan fingerprint density at radius 2 is 1.96 bits per heavy atom. The van der Waals surface area contributed by atoms with Crippen LogP contribution in [0.5, 0.6) is 5.75 Å². The molecule has 1 N–H and O–H groups in total. The number of benzene rings is 1. The van der Waals surface area contributed by atoms with Gasteiger partial charge in [0.05, 0.1) is 6.42 Å². The number of rotatable bonds is 4. The molecule has 1 aliphatic rings. The van der Waals surface area contributed by atoms with Gasteiger partial charge in [0.2, 0.25) is 0 Å². The summed E-state index contributed by atoms with van der Waals surface area (Å²) in [5.41, 5.74) is -3.57. The van der Waals surface area contributed by atoms with E-state index in [1.165, 1.54) is 19.9 Å². The van der Waals surface area contributed by atoms with Crippen molar-refractivity contribution in [1.82, 2.24) is 0 Å². The predicted octanol–water partition coefficient (Wildman–Crippen LogP) is 3.03. The first-order chi connectivity index (χ1) is 10.4. The second kappa shape index (κ2) is 7.29. The smallest absolute Gasteiger partial charge is 0.481 e. The summed E-state index contributed by atoms with van der Waals surface area (Å²) in [7, 11) is -5.74. The van der Waals surface area contributed by atoms with Crippen LogP contribution in [-0.2, 0) is 54.0 Å². The molecule has 1 unspecified atom stereocenters. The van der Waals surface area contributed by atoms with Gasteiger partial charge in [-0.05, 0) is 54.9 Å². The molecule has 0 spiro atoms. The molecule has 0 aromatic heterocycles. The third-order valence-corrected chi connectivity index (χ3v) is 4.91. The SMILES string of the molecule is Cc1cc2c(c(C)c1OS(=O)(=O)C(F)(F)F)CCC2CC(=O)O.[Y]. The molecule has 1 aliphatic carbocycles. The summed E-state index contributed by atoms with van der Waals surface area (Å²) in [6.45, 7) is 2.92. The molecule has 1 atom stereocenters. The molecule has 10 heteroatoms. The van der Waals surface area contributed by atoms with E-state index in [2.05, 4.69) is 4.18 Å². The van der Waals surface area contributed by atoms with E-state index in [0.717, 1.165) is 5.56 Å². The molecule has 0 saturated carbocycles. The van der Waals surface area contributed by atoms with Crippen molar-refractivity contribution in [2.45, 2.75) is 44.5 Å². The van der Waals surface area contributed by atoms with Gasteiger partial charge in [-0.15, -0.1) is 0 Å². The van der Waals surface area contributed by atoms with Gasteiger partial charge < -0.3 is 9.29 Å². The van der Waals surface area contributed by atoms with Crippen LogP contribution in [0.4, 0.5) is 13.2 Å². The quantitative estimate of drug-likeness (QED) is 0.574. The van der Waals surface area contributed by atoms with Gasteiger partial charge in [-0.25, -0.2) is 0 Å². The van der Waals surface area contributed by atoms with Crippen LogP contribution in [-0.4, -0.2) is 25.0 Å². The average molecular weight is 441 g/mol. The number of aryl methyl sites for hydroxylation is 1. The Bertz CT molecular complexity index is 759. The van der Waals surface area contributed by atoms with E-state index in [4.69, 9.17) is 5.11 Å². The van der Waals surface area contributed by atoms with Gasteiger partial charge in [-0.2, -0.15) is 21.6 Å². The standard InChI is InChI=1S/C14H15F3O5S.Y/c1-7-5-11-9(6-12(18)19)3-4-10(11)8(2)13(7)22-23(20,21)14(15,16)17;/h5,9H,3-4,6H2,1-2H3,(H,18,19);. The number of carboxylic acid groups (broad SMARTS) is 1. The predicted molar refractivity (Wildman–Crippen MR) is 74.8 cm³/mol. The minimum absolute atomic E-state index is 0. The number of halogens is 3. The molecule has 1 aromatic carbocycles. The summed E-state index contributed by atoms with van der Waals surface area (Å²) in [6, 6.07) is 1.52. The van der Waals surface area contributed by atoms with Crippen molar-refractivity contribution >= 4 is 16.1 Å². The van der Waals surface area contributed by atoms with Crippen LogP contribution in [0.3, 0.4) is 0 Å². The Morgan fingerprint density at radius 1 is 1.38 bits per heavy atom. The summed E-state index contributed by atoms with van der Waals surface area (Å²) in [5, 5.41) is 8.91. The van der Waals surface area contributed by atoms with Crippen LogP contribution in [0.1, 0.15) is 41.0 Å². The number of alkyl halides is 3. The van der Waals surface area contributed by atoms with E-state index < -0.39 is 21.6 Å². The van der Waals surface area contributed by atoms with E-state index in [-0.39, 0.29) is 56.4 Å². The summed E-state index contributed by atoms with van der Waals surface area (Å²) in [6.07, 6.45) is 0.951. The molecule has 0 aliphatic heterocycles. The molecular formula is C14H15F3O5SY. The van der Waals surface area contributed by atoms with Gasteiger partial charge in [0.1, 0.15) is 5.75 Å². The number of hydrogen-bond acceptors (Lipinski definition) is 4. The van der Waals surface area contributed by atoms with Gasteiger partial charge in [0.25, 0.3) is 0 Å². The van der Waals surface area contributed by atoms with Crippen LogP contribution in [0.2, 0.25) is 0 Å². The van der Waals surface area contributed by atoms with Crippen molar-refractivity contribution in [3.63, 3.8) is 0 Å². The second-order valence-electron chi connectivity index (χ2n) is 5.53. The van der Waals surface area contributed by atoms with Crippen molar-refractivity contribution in [2.24, 2.45) is 0 Å². The Morgan fingerprint density at radius 3 is 2.46 bits per heavy atom. The molecule has 1 radical (unpaired) electrons. The van der Waals surface area contributed by atoms with Crippen LogP contribution < -0.4 is 4.18 Å². The zero-order valence-corrected chi connectivity index (χ0v) is 16.6. The first-order valence-corrected chi connectivity index (χ1v) is 8.20. The Labute approximate surface area is 162 Å². The maximum atomic E-state index is 12.5. The maximum Gasteiger partial charge on any atom is 0.534 e. The van der Waals surface area contributed by atoms with E-state index in [0.29, 0.717) is 24.0 Å². The topological polar surface area (TPSA) is 80.7 Å². The van der Waals surface area contributed by atoms with Crippen molar-refractivity contribution < 1.29 is 68.4 Å². The van der Waals surface area contributed by atoms with Crippen molar-refractivity contribution in [3.8, 4) is 5.75 Å². The zero-order valence-electron chi connectivity index (χ0n) is 13.0. The molecule has 0 fully saturated rings. The third-order valence-electron chi connectivity index (χ3n) is 3.95. The molecule has 0 amide bonds. The number of aliphatic carboxylic acids is 1. The number of carboxylic acids is 1. The van der Waals surface area contributed by atoms with E-state index in [1.807, 2.05) is 0 Å². The van der Waals surface area contributed by atoms with Crippen molar-refractivity contribution in [3.05, 3.63) is 28.3 Å². The Hall–Kier alpha value is -0.666. The van der Waals surface area contributed by atoms with Crippen LogP contribution in [0.15, 0.2) is 6.07 Å². The fourth-order valence-electron chi connectivity index (χ4n) is 2.91. The fourth-order valence-corrected chi connectivity index (χ4v) is 3.48. The normalized spacial score (nSPS) is 17.1. The fraction of sp³-hybridized carbons (Fsp3) is 0.500. The largest absolute Gasteiger partial charge is 0.534 e. The zero-order chi connectivity index (χ0) is 17.6. The van der Waals surface area contributed by atoms with E-state index in [1.54, 1.807) is 0 Å². The van der Waals surface area contributed by atoms with Gasteiger partial charge in [-0.3, -0.25) is 4.79 Å². The van der Waals surface area contributed by atoms with E-state index >= 15 is 0 Å². The van der Waals surface area contributed by atoms with Crippen LogP contribution >= 0.6 is 0 Å². The van der Waals surface area contributed by atoms with Gasteiger partial charge >= 0.3 is 21.6 Å². The van der Waals surface area contributed by atoms with Gasteiger partial charge in [0, 0.05) is 32.7 Å². The monoisotopic (exact) mass is 441 g/mol. The Kier molecular flexibility index (Phi) is 6.50. The number of fused-ring (bicyclic) bond motifs is 1. The van der Waals surface area contributed by atoms with Gasteiger partial charge in [0.15, 0.2) is 0 Å². The number of hydrogen-bond donors (Lipinski definition) is 1. The summed E-state index contributed by atoms with van der Waals surface area (Å²) >= 11 is 0. The molecule has 0 bridgehead atoms. The molecule has 0 saturated heterocycles. The number of carbonyl (C=O) groups is 1. The summed E-state index contributed by atoms with van der Waals surface area (Å²) < 4.78 is 64.2. The molecule has 2 rings (SSSR count). The third kappa shape index (κ3) is 4.11. The van der Waals surface area contributed by atoms with E-state index in [9.17, 15) is 26.4 Å². The van der Waals surface area contributed by atoms with Gasteiger partial charge in [-0.1, -0.05) is 6.07 Å². The molecular weight excluding hydrogens is 426 g/mol. The minimum Gasteiger partial charge on any atom is -0.481 e.